The van der Waals surface area contributed by atoms with Crippen molar-refractivity contribution in [3.8, 4) is 5.69 Å². The largest absolute Gasteiger partial charge is 0.441 e. The molecule has 3 N–H and O–H groups in total. The number of alkyl halides is 3. The predicted octanol–water partition coefficient (Wildman–Crippen LogP) is 2.77. The smallest absolute Gasteiger partial charge is 0.395 e. The van der Waals surface area contributed by atoms with Gasteiger partial charge in [0.25, 0.3) is 0 Å². The average Bonchev–Trinajstić information content (AvgIpc) is 3.00. The zero-order valence-corrected chi connectivity index (χ0v) is 13.4. The summed E-state index contributed by atoms with van der Waals surface area (Å²) in [6.45, 7) is 0.602. The van der Waals surface area contributed by atoms with Crippen LogP contribution in [0.5, 0.6) is 0 Å². The lowest BCUT2D eigenvalue weighted by atomic mass is 9.86. The second-order valence-electron chi connectivity index (χ2n) is 6.24. The number of anilines is 1. The number of halogens is 3. The maximum atomic E-state index is 13.3. The summed E-state index contributed by atoms with van der Waals surface area (Å²) in [4.78, 5) is 11.6. The molecule has 3 rings (SSSR count). The molecule has 2 aromatic rings. The number of nitrogens with zero attached hydrogens (tertiary/aromatic N) is 2. The Morgan fingerprint density at radius 3 is 2.56 bits per heavy atom. The molecule has 1 aromatic heterocycles. The van der Waals surface area contributed by atoms with Crippen LogP contribution in [0.25, 0.3) is 5.69 Å². The number of hydrogen-bond acceptors (Lipinski definition) is 5. The van der Waals surface area contributed by atoms with Crippen LogP contribution in [0.1, 0.15) is 31.2 Å². The molecule has 1 saturated carbocycles. The van der Waals surface area contributed by atoms with E-state index >= 15 is 0 Å². The molecule has 0 saturated heterocycles. The fourth-order valence-electron chi connectivity index (χ4n) is 3.18. The van der Waals surface area contributed by atoms with Crippen LogP contribution in [-0.4, -0.2) is 22.4 Å². The van der Waals surface area contributed by atoms with Gasteiger partial charge in [0, 0.05) is 11.7 Å². The van der Waals surface area contributed by atoms with E-state index in [-0.39, 0.29) is 17.4 Å². The van der Waals surface area contributed by atoms with E-state index in [1.165, 1.54) is 12.1 Å². The Morgan fingerprint density at radius 1 is 1.28 bits per heavy atom. The van der Waals surface area contributed by atoms with E-state index in [1.54, 1.807) is 0 Å². The van der Waals surface area contributed by atoms with Crippen molar-refractivity contribution in [1.29, 1.82) is 0 Å². The third-order valence-electron chi connectivity index (χ3n) is 4.58. The van der Waals surface area contributed by atoms with Gasteiger partial charge in [0.2, 0.25) is 6.39 Å². The van der Waals surface area contributed by atoms with Gasteiger partial charge in [-0.2, -0.15) is 17.9 Å². The monoisotopic (exact) mass is 356 g/mol. The van der Waals surface area contributed by atoms with Gasteiger partial charge < -0.3 is 15.5 Å². The second-order valence-corrected chi connectivity index (χ2v) is 6.24. The van der Waals surface area contributed by atoms with Crippen molar-refractivity contribution in [3.05, 3.63) is 40.7 Å². The van der Waals surface area contributed by atoms with Crippen molar-refractivity contribution in [2.45, 2.75) is 37.9 Å². The average molecular weight is 356 g/mol. The lowest BCUT2D eigenvalue weighted by Crippen LogP contribution is -2.30. The minimum absolute atomic E-state index is 0.0592. The Labute approximate surface area is 141 Å². The van der Waals surface area contributed by atoms with Crippen LogP contribution in [0.2, 0.25) is 0 Å². The highest BCUT2D eigenvalue weighted by molar-refractivity contribution is 5.58. The van der Waals surface area contributed by atoms with Gasteiger partial charge in [-0.1, -0.05) is 0 Å². The summed E-state index contributed by atoms with van der Waals surface area (Å²) in [5, 5.41) is 6.69. The van der Waals surface area contributed by atoms with E-state index in [0.717, 1.165) is 42.8 Å². The Balaban J connectivity index is 1.89. The molecule has 1 aliphatic carbocycles. The van der Waals surface area contributed by atoms with Crippen molar-refractivity contribution in [2.24, 2.45) is 11.7 Å². The second kappa shape index (κ2) is 6.91. The highest BCUT2D eigenvalue weighted by atomic mass is 19.4. The molecule has 136 valence electrons. The number of hydrogen-bond donors (Lipinski definition) is 2. The molecule has 6 nitrogen and oxygen atoms in total. The predicted molar refractivity (Wildman–Crippen MR) is 85.5 cm³/mol. The Hall–Kier alpha value is -2.29. The molecule has 0 radical (unpaired) electrons. The first kappa shape index (κ1) is 17.5. The van der Waals surface area contributed by atoms with Crippen LogP contribution in [-0.2, 0) is 6.18 Å². The zero-order chi connectivity index (χ0) is 18.0. The molecule has 1 fully saturated rings. The molecule has 1 aromatic carbocycles. The van der Waals surface area contributed by atoms with Gasteiger partial charge in [-0.05, 0) is 56.3 Å². The van der Waals surface area contributed by atoms with E-state index in [2.05, 4.69) is 14.8 Å². The van der Waals surface area contributed by atoms with Crippen molar-refractivity contribution >= 4 is 5.69 Å². The fraction of sp³-hybridized carbons (Fsp3) is 0.500. The fourth-order valence-corrected chi connectivity index (χ4v) is 3.18. The highest BCUT2D eigenvalue weighted by Crippen LogP contribution is 2.37. The van der Waals surface area contributed by atoms with Gasteiger partial charge in [0.15, 0.2) is 0 Å². The van der Waals surface area contributed by atoms with E-state index in [1.807, 2.05) is 0 Å². The quantitative estimate of drug-likeness (QED) is 0.880. The normalized spacial score (nSPS) is 21.3. The summed E-state index contributed by atoms with van der Waals surface area (Å²) in [5.74, 6) is -0.325. The molecular formula is C16H19F3N4O2. The molecule has 0 spiro atoms. The van der Waals surface area contributed by atoms with E-state index in [9.17, 15) is 18.0 Å². The summed E-state index contributed by atoms with van der Waals surface area (Å²) in [5.41, 5.74) is 5.04. The van der Waals surface area contributed by atoms with Crippen molar-refractivity contribution in [2.75, 3.05) is 11.9 Å². The maximum Gasteiger partial charge on any atom is 0.441 e. The molecule has 0 aliphatic heterocycles. The van der Waals surface area contributed by atoms with Gasteiger partial charge in [0.05, 0.1) is 11.3 Å². The molecule has 0 atom stereocenters. The van der Waals surface area contributed by atoms with Crippen LogP contribution in [0, 0.1) is 5.92 Å². The first-order chi connectivity index (χ1) is 11.9. The topological polar surface area (TPSA) is 86.1 Å². The third-order valence-corrected chi connectivity index (χ3v) is 4.58. The lowest BCUT2D eigenvalue weighted by molar-refractivity contribution is -0.137. The van der Waals surface area contributed by atoms with Crippen molar-refractivity contribution in [3.63, 3.8) is 0 Å². The molecule has 9 heteroatoms. The Morgan fingerprint density at radius 2 is 2.00 bits per heavy atom. The molecule has 25 heavy (non-hydrogen) atoms. The molecule has 0 amide bonds. The number of benzene rings is 1. The Bertz CT molecular complexity index is 776. The zero-order valence-electron chi connectivity index (χ0n) is 13.4. The summed E-state index contributed by atoms with van der Waals surface area (Å²) < 4.78 is 45.4. The Kier molecular flexibility index (Phi) is 4.85. The standard InChI is InChI=1S/C16H19F3N4O2/c17-16(18,19)13-6-5-12(23-15(24)25-9-21-23)7-14(13)22-11-3-1-10(8-20)2-4-11/h5-7,9-11,22H,1-4,8,20H2. The minimum atomic E-state index is -4.50. The van der Waals surface area contributed by atoms with Gasteiger partial charge in [-0.3, -0.25) is 0 Å². The molecule has 1 aliphatic rings. The first-order valence-electron chi connectivity index (χ1n) is 8.09. The van der Waals surface area contributed by atoms with Crippen LogP contribution in [0.15, 0.2) is 33.8 Å². The molecule has 0 unspecified atom stereocenters. The minimum Gasteiger partial charge on any atom is -0.395 e. The van der Waals surface area contributed by atoms with Gasteiger partial charge in [-0.25, -0.2) is 4.79 Å². The van der Waals surface area contributed by atoms with Crippen molar-refractivity contribution in [1.82, 2.24) is 9.78 Å². The van der Waals surface area contributed by atoms with Crippen LogP contribution in [0.4, 0.5) is 18.9 Å². The summed E-state index contributed by atoms with van der Waals surface area (Å²) in [6.07, 6.45) is -0.262. The van der Waals surface area contributed by atoms with Crippen LogP contribution >= 0.6 is 0 Å². The van der Waals surface area contributed by atoms with Gasteiger partial charge >= 0.3 is 11.9 Å². The number of aromatic nitrogens is 2. The summed E-state index contributed by atoms with van der Waals surface area (Å²) in [7, 11) is 0. The van der Waals surface area contributed by atoms with E-state index in [4.69, 9.17) is 5.73 Å². The molecular weight excluding hydrogens is 337 g/mol. The maximum absolute atomic E-state index is 13.3. The first-order valence-corrected chi connectivity index (χ1v) is 8.09. The summed E-state index contributed by atoms with van der Waals surface area (Å²) >= 11 is 0. The van der Waals surface area contributed by atoms with Crippen molar-refractivity contribution < 1.29 is 17.6 Å². The number of nitrogens with one attached hydrogen (secondary N) is 1. The summed E-state index contributed by atoms with van der Waals surface area (Å²) in [6, 6.07) is 3.36. The molecule has 0 bridgehead atoms. The lowest BCUT2D eigenvalue weighted by Gasteiger charge is -2.30. The van der Waals surface area contributed by atoms with Crippen LogP contribution < -0.4 is 16.8 Å². The highest BCUT2D eigenvalue weighted by Gasteiger charge is 2.34. The van der Waals surface area contributed by atoms with Gasteiger partial charge in [-0.15, -0.1) is 5.10 Å². The van der Waals surface area contributed by atoms with Gasteiger partial charge in [0.1, 0.15) is 0 Å². The SMILES string of the molecule is NCC1CCC(Nc2cc(-n3ncoc3=O)ccc2C(F)(F)F)CC1. The van der Waals surface area contributed by atoms with E-state index < -0.39 is 17.5 Å². The van der Waals surface area contributed by atoms with Crippen LogP contribution in [0.3, 0.4) is 0 Å². The number of rotatable bonds is 4. The van der Waals surface area contributed by atoms with E-state index in [0.29, 0.717) is 12.5 Å². The number of nitrogens with two attached hydrogens (primary N) is 1. The molecule has 1 heterocycles. The third kappa shape index (κ3) is 3.87.